The second-order valence-electron chi connectivity index (χ2n) is 10.1. The van der Waals surface area contributed by atoms with Gasteiger partial charge in [0, 0.05) is 61.3 Å². The molecule has 1 saturated carbocycles. The molecule has 2 fully saturated rings. The molecule has 4 aromatic heterocycles. The lowest BCUT2D eigenvalue weighted by Crippen LogP contribution is -2.42. The van der Waals surface area contributed by atoms with Crippen molar-refractivity contribution in [3.05, 3.63) is 60.2 Å². The fourth-order valence-corrected chi connectivity index (χ4v) is 5.04. The van der Waals surface area contributed by atoms with E-state index in [2.05, 4.69) is 19.9 Å². The number of aryl methyl sites for hydroxylation is 1. The van der Waals surface area contributed by atoms with Crippen molar-refractivity contribution in [1.29, 1.82) is 0 Å². The van der Waals surface area contributed by atoms with Crippen LogP contribution in [0.3, 0.4) is 0 Å². The first-order valence-corrected chi connectivity index (χ1v) is 13.0. The Balaban J connectivity index is 1.17. The van der Waals surface area contributed by atoms with Gasteiger partial charge in [-0.15, -0.1) is 0 Å². The van der Waals surface area contributed by atoms with E-state index in [1.165, 1.54) is 0 Å². The summed E-state index contributed by atoms with van der Waals surface area (Å²) < 4.78 is 6.08. The lowest BCUT2D eigenvalue weighted by Gasteiger charge is -2.32. The van der Waals surface area contributed by atoms with E-state index in [-0.39, 0.29) is 17.9 Å². The second kappa shape index (κ2) is 9.89. The van der Waals surface area contributed by atoms with E-state index >= 15 is 0 Å². The summed E-state index contributed by atoms with van der Waals surface area (Å²) in [6, 6.07) is 7.57. The van der Waals surface area contributed by atoms with Crippen molar-refractivity contribution < 1.29 is 14.6 Å². The third kappa shape index (κ3) is 4.83. The van der Waals surface area contributed by atoms with Gasteiger partial charge in [0.1, 0.15) is 6.10 Å². The summed E-state index contributed by atoms with van der Waals surface area (Å²) in [4.78, 5) is 35.2. The number of likely N-dealkylation sites (tertiary alicyclic amines) is 1. The molecule has 0 radical (unpaired) electrons. The first-order valence-electron chi connectivity index (χ1n) is 13.0. The number of hydrogen-bond donors (Lipinski definition) is 2. The summed E-state index contributed by atoms with van der Waals surface area (Å²) in [7, 11) is 0. The maximum absolute atomic E-state index is 12.3. The molecule has 2 N–H and O–H groups in total. The highest BCUT2D eigenvalue weighted by Gasteiger charge is 2.35. The van der Waals surface area contributed by atoms with Gasteiger partial charge in [-0.25, -0.2) is 4.98 Å². The van der Waals surface area contributed by atoms with Gasteiger partial charge in [-0.1, -0.05) is 0 Å². The summed E-state index contributed by atoms with van der Waals surface area (Å²) in [6.07, 6.45) is 10.7. The molecule has 0 spiro atoms. The van der Waals surface area contributed by atoms with Gasteiger partial charge in [-0.05, 0) is 50.5 Å². The third-order valence-corrected chi connectivity index (χ3v) is 7.33. The van der Waals surface area contributed by atoms with Crippen molar-refractivity contribution in [2.24, 2.45) is 10.9 Å². The maximum Gasteiger partial charge on any atom is 0.225 e. The van der Waals surface area contributed by atoms with Crippen LogP contribution in [0.4, 0.5) is 5.69 Å². The number of aromatic amines is 1. The molecule has 0 bridgehead atoms. The molecule has 6 rings (SSSR count). The minimum Gasteiger partial charge on any atom is -0.494 e. The van der Waals surface area contributed by atoms with Crippen LogP contribution in [0, 0.1) is 12.8 Å². The van der Waals surface area contributed by atoms with Gasteiger partial charge in [-0.3, -0.25) is 19.8 Å². The first kappa shape index (κ1) is 24.1. The normalized spacial score (nSPS) is 16.7. The summed E-state index contributed by atoms with van der Waals surface area (Å²) in [5.74, 6) is 1.16. The fourth-order valence-electron chi connectivity index (χ4n) is 5.04. The molecular formula is C29H30N6O3. The van der Waals surface area contributed by atoms with Crippen molar-refractivity contribution in [3.63, 3.8) is 0 Å². The Hall–Kier alpha value is -4.27. The van der Waals surface area contributed by atoms with Crippen molar-refractivity contribution in [1.82, 2.24) is 24.8 Å². The number of aliphatic imine (C=N–C) groups is 1. The number of amides is 1. The predicted molar refractivity (Wildman–Crippen MR) is 145 cm³/mol. The van der Waals surface area contributed by atoms with Crippen molar-refractivity contribution in [2.75, 3.05) is 13.1 Å². The molecule has 1 saturated heterocycles. The molecular weight excluding hydrogens is 480 g/mol. The molecule has 38 heavy (non-hydrogen) atoms. The van der Waals surface area contributed by atoms with Crippen LogP contribution >= 0.6 is 0 Å². The van der Waals surface area contributed by atoms with Crippen LogP contribution in [0.15, 0.2) is 54.0 Å². The molecule has 5 heterocycles. The molecule has 9 nitrogen and oxygen atoms in total. The molecule has 0 atom stereocenters. The zero-order chi connectivity index (χ0) is 26.2. The Labute approximate surface area is 220 Å². The van der Waals surface area contributed by atoms with E-state index < -0.39 is 0 Å². The van der Waals surface area contributed by atoms with Crippen LogP contribution < -0.4 is 4.74 Å². The Morgan fingerprint density at radius 1 is 1.11 bits per heavy atom. The minimum absolute atomic E-state index is 0.0440. The van der Waals surface area contributed by atoms with Crippen molar-refractivity contribution >= 4 is 28.2 Å². The zero-order valence-corrected chi connectivity index (χ0v) is 21.5. The largest absolute Gasteiger partial charge is 0.494 e. The monoisotopic (exact) mass is 510 g/mol. The number of hydrogen-bond acceptors (Lipinski definition) is 7. The van der Waals surface area contributed by atoms with Gasteiger partial charge in [0.05, 0.1) is 40.6 Å². The number of carbonyl (C=O) groups excluding carboxylic acids is 1. The number of rotatable bonds is 6. The smallest absolute Gasteiger partial charge is 0.225 e. The Morgan fingerprint density at radius 2 is 1.92 bits per heavy atom. The first-order chi connectivity index (χ1) is 18.5. The predicted octanol–water partition coefficient (Wildman–Crippen LogP) is 4.95. The van der Waals surface area contributed by atoms with E-state index in [1.807, 2.05) is 43.0 Å². The average molecular weight is 511 g/mol. The third-order valence-electron chi connectivity index (χ3n) is 7.33. The van der Waals surface area contributed by atoms with Crippen LogP contribution in [0.5, 0.6) is 11.8 Å². The van der Waals surface area contributed by atoms with E-state index in [0.717, 1.165) is 66.5 Å². The van der Waals surface area contributed by atoms with Gasteiger partial charge < -0.3 is 19.7 Å². The number of piperidine rings is 1. The summed E-state index contributed by atoms with van der Waals surface area (Å²) in [6.45, 7) is 5.36. The number of aromatic nitrogens is 4. The SMILES string of the molecule is CC(=Nc1ccc(OC2CCN(C(=O)C3CC3)CC2)nc1)c1c(O)[nH]c2cnc(-c3cnccc3C)cc12. The van der Waals surface area contributed by atoms with E-state index in [0.29, 0.717) is 28.7 Å². The highest BCUT2D eigenvalue weighted by Crippen LogP contribution is 2.33. The molecule has 4 aromatic rings. The van der Waals surface area contributed by atoms with Crippen molar-refractivity contribution in [3.8, 4) is 23.0 Å². The van der Waals surface area contributed by atoms with E-state index in [1.54, 1.807) is 24.8 Å². The zero-order valence-electron chi connectivity index (χ0n) is 21.5. The molecule has 194 valence electrons. The van der Waals surface area contributed by atoms with Gasteiger partial charge in [0.15, 0.2) is 5.88 Å². The Bertz CT molecular complexity index is 1520. The van der Waals surface area contributed by atoms with Crippen LogP contribution in [-0.2, 0) is 4.79 Å². The molecule has 2 aliphatic rings. The summed E-state index contributed by atoms with van der Waals surface area (Å²) in [5.41, 5.74) is 5.45. The molecule has 1 aliphatic heterocycles. The van der Waals surface area contributed by atoms with Gasteiger partial charge in [-0.2, -0.15) is 0 Å². The van der Waals surface area contributed by atoms with E-state index in [4.69, 9.17) is 9.73 Å². The standard InChI is InChI=1S/C29H30N6O3/c1-17-7-10-30-15-23(17)24-13-22-25(16-31-24)34-28(36)27(22)18(2)33-20-5-6-26(32-14-20)38-21-8-11-35(12-9-21)29(37)19-3-4-19/h5-7,10,13-16,19,21,34,36H,3-4,8-9,11-12H2,1-2H3. The number of H-pyrrole nitrogens is 1. The highest BCUT2D eigenvalue weighted by atomic mass is 16.5. The molecule has 1 amide bonds. The highest BCUT2D eigenvalue weighted by molar-refractivity contribution is 6.13. The lowest BCUT2D eigenvalue weighted by atomic mass is 10.0. The number of aromatic hydroxyl groups is 1. The molecule has 9 heteroatoms. The van der Waals surface area contributed by atoms with Crippen LogP contribution in [0.2, 0.25) is 0 Å². The lowest BCUT2D eigenvalue weighted by molar-refractivity contribution is -0.134. The minimum atomic E-state index is 0.0440. The topological polar surface area (TPSA) is 117 Å². The van der Waals surface area contributed by atoms with Crippen LogP contribution in [0.25, 0.3) is 22.2 Å². The number of nitrogens with one attached hydrogen (secondary N) is 1. The van der Waals surface area contributed by atoms with Crippen LogP contribution in [-0.4, -0.2) is 60.8 Å². The van der Waals surface area contributed by atoms with E-state index in [9.17, 15) is 9.90 Å². The number of fused-ring (bicyclic) bond motifs is 1. The number of ether oxygens (including phenoxy) is 1. The number of pyridine rings is 3. The summed E-state index contributed by atoms with van der Waals surface area (Å²) >= 11 is 0. The number of carbonyl (C=O) groups is 1. The van der Waals surface area contributed by atoms with Gasteiger partial charge >= 0.3 is 0 Å². The maximum atomic E-state index is 12.3. The number of nitrogens with zero attached hydrogens (tertiary/aromatic N) is 5. The quantitative estimate of drug-likeness (QED) is 0.354. The van der Waals surface area contributed by atoms with Gasteiger partial charge in [0.25, 0.3) is 0 Å². The molecule has 1 aliphatic carbocycles. The van der Waals surface area contributed by atoms with Crippen molar-refractivity contribution in [2.45, 2.75) is 45.6 Å². The fraction of sp³-hybridized carbons (Fsp3) is 0.345. The average Bonchev–Trinajstić information content (AvgIpc) is 3.72. The second-order valence-corrected chi connectivity index (χ2v) is 10.1. The summed E-state index contributed by atoms with van der Waals surface area (Å²) in [5, 5.41) is 11.5. The van der Waals surface area contributed by atoms with Gasteiger partial charge in [0.2, 0.25) is 11.8 Å². The Kier molecular flexibility index (Phi) is 6.27. The van der Waals surface area contributed by atoms with Crippen LogP contribution in [0.1, 0.15) is 43.7 Å². The molecule has 0 aromatic carbocycles. The Morgan fingerprint density at radius 3 is 2.63 bits per heavy atom. The molecule has 0 unspecified atom stereocenters.